The van der Waals surface area contributed by atoms with Gasteiger partial charge >= 0.3 is 5.97 Å². The maximum Gasteiger partial charge on any atom is 0.307 e. The molecule has 1 saturated heterocycles. The summed E-state index contributed by atoms with van der Waals surface area (Å²) in [4.78, 5) is 18.6. The minimum atomic E-state index is -0.305. The highest BCUT2D eigenvalue weighted by molar-refractivity contribution is 5.85. The fourth-order valence-corrected chi connectivity index (χ4v) is 4.02. The molecular weight excluding hydrogens is 371 g/mol. The van der Waals surface area contributed by atoms with E-state index in [1.165, 1.54) is 17.7 Å². The molecule has 2 aliphatic rings. The first kappa shape index (κ1) is 19.6. The molecule has 1 aromatic carbocycles. The van der Waals surface area contributed by atoms with E-state index in [0.29, 0.717) is 31.9 Å². The summed E-state index contributed by atoms with van der Waals surface area (Å²) in [5, 5.41) is 0. The lowest BCUT2D eigenvalue weighted by Crippen LogP contribution is -2.33. The molecule has 0 bridgehead atoms. The Balaban J connectivity index is 1.61. The van der Waals surface area contributed by atoms with Crippen LogP contribution in [0.4, 0.5) is 4.39 Å². The fourth-order valence-electron chi connectivity index (χ4n) is 4.02. The van der Waals surface area contributed by atoms with E-state index in [1.54, 1.807) is 12.3 Å². The first-order chi connectivity index (χ1) is 14.2. The van der Waals surface area contributed by atoms with Gasteiger partial charge in [0.05, 0.1) is 18.7 Å². The Bertz CT molecular complexity index is 931. The molecule has 6 heteroatoms. The van der Waals surface area contributed by atoms with Crippen LogP contribution in [0.15, 0.2) is 42.1 Å². The van der Waals surface area contributed by atoms with E-state index in [2.05, 4.69) is 9.88 Å². The second-order valence-electron chi connectivity index (χ2n) is 7.32. The molecule has 3 heterocycles. The van der Waals surface area contributed by atoms with Gasteiger partial charge < -0.3 is 14.4 Å². The highest BCUT2D eigenvalue weighted by atomic mass is 19.1. The highest BCUT2D eigenvalue weighted by Crippen LogP contribution is 2.40. The number of carbonyl (C=O) groups excluding carboxylic acids is 1. The van der Waals surface area contributed by atoms with Gasteiger partial charge in [-0.1, -0.05) is 11.6 Å². The van der Waals surface area contributed by atoms with Crippen LogP contribution in [0, 0.1) is 5.82 Å². The molecule has 2 aromatic rings. The van der Waals surface area contributed by atoms with Crippen molar-refractivity contribution in [2.24, 2.45) is 0 Å². The van der Waals surface area contributed by atoms with Gasteiger partial charge in [0.2, 0.25) is 0 Å². The van der Waals surface area contributed by atoms with Gasteiger partial charge in [-0.05, 0) is 38.0 Å². The van der Waals surface area contributed by atoms with Crippen molar-refractivity contribution in [3.05, 3.63) is 64.7 Å². The fraction of sp³-hybridized carbons (Fsp3) is 0.391. The molecule has 152 valence electrons. The van der Waals surface area contributed by atoms with Crippen LogP contribution in [0.2, 0.25) is 0 Å². The average Bonchev–Trinajstić information content (AvgIpc) is 2.89. The van der Waals surface area contributed by atoms with Crippen molar-refractivity contribution in [2.75, 3.05) is 26.2 Å². The van der Waals surface area contributed by atoms with Gasteiger partial charge in [-0.3, -0.25) is 9.78 Å². The van der Waals surface area contributed by atoms with Gasteiger partial charge in [0.1, 0.15) is 18.2 Å². The van der Waals surface area contributed by atoms with Crippen LogP contribution >= 0.6 is 0 Å². The van der Waals surface area contributed by atoms with Crippen LogP contribution in [-0.4, -0.2) is 42.1 Å². The van der Waals surface area contributed by atoms with Crippen LogP contribution in [-0.2, 0) is 16.1 Å². The summed E-state index contributed by atoms with van der Waals surface area (Å²) in [6.07, 6.45) is 3.97. The summed E-state index contributed by atoms with van der Waals surface area (Å²) in [5.41, 5.74) is 5.21. The molecule has 0 atom stereocenters. The second kappa shape index (κ2) is 8.74. The normalized spacial score (nSPS) is 16.5. The number of piperidine rings is 1. The first-order valence-corrected chi connectivity index (χ1v) is 10.1. The minimum Gasteiger partial charge on any atom is -0.488 e. The third kappa shape index (κ3) is 4.32. The predicted molar refractivity (Wildman–Crippen MR) is 108 cm³/mol. The van der Waals surface area contributed by atoms with Crippen LogP contribution in [0.3, 0.4) is 0 Å². The largest absolute Gasteiger partial charge is 0.488 e. The third-order valence-corrected chi connectivity index (χ3v) is 5.47. The monoisotopic (exact) mass is 396 g/mol. The van der Waals surface area contributed by atoms with Crippen LogP contribution in [0.5, 0.6) is 5.75 Å². The Hall–Kier alpha value is -2.73. The van der Waals surface area contributed by atoms with Crippen molar-refractivity contribution in [3.63, 3.8) is 0 Å². The van der Waals surface area contributed by atoms with Crippen molar-refractivity contribution in [3.8, 4) is 5.75 Å². The molecule has 4 rings (SSSR count). The van der Waals surface area contributed by atoms with E-state index >= 15 is 0 Å². The van der Waals surface area contributed by atoms with E-state index < -0.39 is 0 Å². The number of fused-ring (bicyclic) bond motifs is 2. The Morgan fingerprint density at radius 1 is 1.28 bits per heavy atom. The number of ether oxygens (including phenoxy) is 2. The summed E-state index contributed by atoms with van der Waals surface area (Å²) in [5.74, 6) is 0.114. The summed E-state index contributed by atoms with van der Waals surface area (Å²) in [6, 6.07) is 8.64. The first-order valence-electron chi connectivity index (χ1n) is 10.1. The zero-order chi connectivity index (χ0) is 20.2. The van der Waals surface area contributed by atoms with Crippen LogP contribution in [0.25, 0.3) is 5.57 Å². The number of rotatable bonds is 4. The lowest BCUT2D eigenvalue weighted by molar-refractivity contribution is -0.143. The van der Waals surface area contributed by atoms with Gasteiger partial charge in [-0.25, -0.2) is 4.39 Å². The van der Waals surface area contributed by atoms with E-state index in [4.69, 9.17) is 9.47 Å². The molecule has 0 N–H and O–H groups in total. The molecule has 0 amide bonds. The topological polar surface area (TPSA) is 51.7 Å². The molecule has 0 unspecified atom stereocenters. The molecule has 29 heavy (non-hydrogen) atoms. The molecule has 5 nitrogen and oxygen atoms in total. The highest BCUT2D eigenvalue weighted by Gasteiger charge is 2.26. The van der Waals surface area contributed by atoms with Crippen molar-refractivity contribution in [2.45, 2.75) is 32.8 Å². The number of carbonyl (C=O) groups is 1. The summed E-state index contributed by atoms with van der Waals surface area (Å²) < 4.78 is 24.8. The van der Waals surface area contributed by atoms with Crippen molar-refractivity contribution in [1.29, 1.82) is 0 Å². The molecule has 0 aliphatic carbocycles. The number of nitrogens with zero attached hydrogens (tertiary/aromatic N) is 2. The average molecular weight is 396 g/mol. The van der Waals surface area contributed by atoms with Gasteiger partial charge in [0.25, 0.3) is 0 Å². The number of hydrogen-bond acceptors (Lipinski definition) is 5. The Kier molecular flexibility index (Phi) is 5.90. The Morgan fingerprint density at radius 3 is 2.90 bits per heavy atom. The molecule has 0 radical (unpaired) electrons. The lowest BCUT2D eigenvalue weighted by atomic mass is 9.89. The van der Waals surface area contributed by atoms with Crippen molar-refractivity contribution >= 4 is 11.5 Å². The summed E-state index contributed by atoms with van der Waals surface area (Å²) in [7, 11) is 0. The quantitative estimate of drug-likeness (QED) is 0.732. The predicted octanol–water partition coefficient (Wildman–Crippen LogP) is 3.96. The van der Waals surface area contributed by atoms with Crippen LogP contribution < -0.4 is 4.74 Å². The lowest BCUT2D eigenvalue weighted by Gasteiger charge is -2.29. The number of benzene rings is 1. The van der Waals surface area contributed by atoms with Crippen LogP contribution in [0.1, 0.15) is 43.0 Å². The molecule has 1 aromatic heterocycles. The van der Waals surface area contributed by atoms with Gasteiger partial charge in [0.15, 0.2) is 0 Å². The maximum atomic E-state index is 13.8. The minimum absolute atomic E-state index is 0.147. The number of hydrogen-bond donors (Lipinski definition) is 0. The number of pyridine rings is 1. The maximum absolute atomic E-state index is 13.8. The van der Waals surface area contributed by atoms with Gasteiger partial charge in [-0.15, -0.1) is 0 Å². The number of halogens is 1. The summed E-state index contributed by atoms with van der Waals surface area (Å²) in [6.45, 7) is 5.08. The third-order valence-electron chi connectivity index (χ3n) is 5.47. The number of esters is 1. The van der Waals surface area contributed by atoms with E-state index in [1.807, 2.05) is 19.1 Å². The van der Waals surface area contributed by atoms with E-state index in [9.17, 15) is 9.18 Å². The second-order valence-corrected chi connectivity index (χ2v) is 7.32. The standard InChI is InChI=1S/C23H25FN2O3/c1-2-28-21(27)9-13-26-11-7-16(8-12-26)22-19-6-5-18(24)14-20(19)29-15-17-4-3-10-25-23(17)22/h3-6,10,14H,2,7-9,11-13,15H2,1H3. The molecule has 1 fully saturated rings. The number of likely N-dealkylation sites (tertiary alicyclic amines) is 1. The Morgan fingerprint density at radius 2 is 2.10 bits per heavy atom. The zero-order valence-corrected chi connectivity index (χ0v) is 16.6. The SMILES string of the molecule is CCOC(=O)CCN1CCC(=C2c3ccc(F)cc3OCc3cccnc32)CC1. The summed E-state index contributed by atoms with van der Waals surface area (Å²) >= 11 is 0. The molecular formula is C23H25FN2O3. The van der Waals surface area contributed by atoms with Crippen molar-refractivity contribution < 1.29 is 18.7 Å². The van der Waals surface area contributed by atoms with E-state index in [0.717, 1.165) is 48.3 Å². The van der Waals surface area contributed by atoms with Crippen molar-refractivity contribution in [1.82, 2.24) is 9.88 Å². The van der Waals surface area contributed by atoms with Gasteiger partial charge in [0, 0.05) is 48.6 Å². The van der Waals surface area contributed by atoms with Gasteiger partial charge in [-0.2, -0.15) is 0 Å². The smallest absolute Gasteiger partial charge is 0.307 e. The number of aromatic nitrogens is 1. The zero-order valence-electron chi connectivity index (χ0n) is 16.6. The molecule has 0 spiro atoms. The Labute approximate surface area is 170 Å². The molecule has 0 saturated carbocycles. The molecule has 2 aliphatic heterocycles. The van der Waals surface area contributed by atoms with E-state index in [-0.39, 0.29) is 11.8 Å².